The number of hydrogen-bond acceptors (Lipinski definition) is 5. The Kier molecular flexibility index (Phi) is 9.15. The molecule has 0 spiro atoms. The largest absolute Gasteiger partial charge is 0.337 e. The first-order valence-corrected chi connectivity index (χ1v) is 11.3. The Bertz CT molecular complexity index is 1200. The first-order chi connectivity index (χ1) is 16.4. The summed E-state index contributed by atoms with van der Waals surface area (Å²) in [5.74, 6) is -0.426. The van der Waals surface area contributed by atoms with Gasteiger partial charge in [-0.25, -0.2) is 9.18 Å². The Morgan fingerprint density at radius 1 is 1.21 bits per heavy atom. The second-order valence-corrected chi connectivity index (χ2v) is 8.21. The normalized spacial score (nSPS) is 10.8. The third kappa shape index (κ3) is 7.11. The second-order valence-electron chi connectivity index (χ2n) is 7.81. The zero-order valence-electron chi connectivity index (χ0n) is 18.9. The summed E-state index contributed by atoms with van der Waals surface area (Å²) in [5, 5.41) is 9.02. The highest BCUT2D eigenvalue weighted by atomic mass is 35.5. The molecule has 8 nitrogen and oxygen atoms in total. The van der Waals surface area contributed by atoms with E-state index in [0.29, 0.717) is 48.7 Å². The number of carbonyl (C=O) groups is 1. The van der Waals surface area contributed by atoms with Crippen molar-refractivity contribution in [1.82, 2.24) is 20.6 Å². The number of aryl methyl sites for hydroxylation is 1. The van der Waals surface area contributed by atoms with Gasteiger partial charge in [0.25, 0.3) is 5.56 Å². The SMILES string of the molecule is Cc1cc(CCNC(=O)Nc2nc(=O)c(-c3ccc(CNCCCN)c(F)c3)c[nH]2)ccc1Cl. The van der Waals surface area contributed by atoms with E-state index in [9.17, 15) is 14.0 Å². The molecule has 0 bridgehead atoms. The molecule has 1 heterocycles. The predicted octanol–water partition coefficient (Wildman–Crippen LogP) is 3.34. The van der Waals surface area contributed by atoms with Gasteiger partial charge in [-0.1, -0.05) is 35.9 Å². The van der Waals surface area contributed by atoms with Crippen LogP contribution >= 0.6 is 11.6 Å². The summed E-state index contributed by atoms with van der Waals surface area (Å²) in [6.45, 7) is 3.95. The predicted molar refractivity (Wildman–Crippen MR) is 133 cm³/mol. The minimum atomic E-state index is -0.584. The van der Waals surface area contributed by atoms with Gasteiger partial charge in [-0.2, -0.15) is 4.98 Å². The molecule has 3 rings (SSSR count). The molecule has 2 amide bonds. The second kappa shape index (κ2) is 12.3. The molecule has 10 heteroatoms. The van der Waals surface area contributed by atoms with E-state index in [4.69, 9.17) is 17.3 Å². The summed E-state index contributed by atoms with van der Waals surface area (Å²) in [6.07, 6.45) is 2.83. The minimum Gasteiger partial charge on any atom is -0.337 e. The van der Waals surface area contributed by atoms with Gasteiger partial charge in [-0.15, -0.1) is 0 Å². The molecule has 0 aliphatic carbocycles. The number of hydrogen-bond donors (Lipinski definition) is 5. The molecule has 1 aromatic heterocycles. The number of nitrogens with two attached hydrogens (primary N) is 1. The van der Waals surface area contributed by atoms with Gasteiger partial charge in [-0.05, 0) is 61.7 Å². The maximum Gasteiger partial charge on any atom is 0.321 e. The molecule has 0 radical (unpaired) electrons. The third-order valence-corrected chi connectivity index (χ3v) is 5.61. The van der Waals surface area contributed by atoms with Gasteiger partial charge < -0.3 is 21.4 Å². The standard InChI is InChI=1S/C24H28ClFN6O2/c1-15-11-16(3-6-20(15)25)7-10-29-24(34)32-23-30-14-19(22(33)31-23)17-4-5-18(21(26)12-17)13-28-9-2-8-27/h3-6,11-12,14,28H,2,7-10,13,27H2,1H3,(H3,29,30,31,32,33,34). The van der Waals surface area contributed by atoms with Crippen molar-refractivity contribution in [1.29, 1.82) is 0 Å². The van der Waals surface area contributed by atoms with Crippen molar-refractivity contribution >= 4 is 23.6 Å². The molecule has 0 aliphatic rings. The number of amides is 2. The summed E-state index contributed by atoms with van der Waals surface area (Å²) in [6, 6.07) is 9.77. The lowest BCUT2D eigenvalue weighted by Crippen LogP contribution is -2.32. The summed E-state index contributed by atoms with van der Waals surface area (Å²) in [5.41, 5.74) is 7.96. The molecule has 0 fully saturated rings. The van der Waals surface area contributed by atoms with Gasteiger partial charge in [-0.3, -0.25) is 10.1 Å². The molecule has 0 unspecified atom stereocenters. The lowest BCUT2D eigenvalue weighted by Gasteiger charge is -2.09. The Labute approximate surface area is 202 Å². The van der Waals surface area contributed by atoms with Gasteiger partial charge >= 0.3 is 6.03 Å². The monoisotopic (exact) mass is 486 g/mol. The Balaban J connectivity index is 1.55. The highest BCUT2D eigenvalue weighted by molar-refractivity contribution is 6.31. The zero-order chi connectivity index (χ0) is 24.5. The van der Waals surface area contributed by atoms with Crippen molar-refractivity contribution < 1.29 is 9.18 Å². The molecule has 0 saturated heterocycles. The van der Waals surface area contributed by atoms with E-state index in [1.807, 2.05) is 25.1 Å². The number of anilines is 1. The fourth-order valence-electron chi connectivity index (χ4n) is 3.31. The van der Waals surface area contributed by atoms with Gasteiger partial charge in [0.05, 0.1) is 5.56 Å². The molecule has 0 saturated carbocycles. The van der Waals surface area contributed by atoms with Gasteiger partial charge in [0.2, 0.25) is 5.95 Å². The highest BCUT2D eigenvalue weighted by Crippen LogP contribution is 2.19. The number of rotatable bonds is 10. The zero-order valence-corrected chi connectivity index (χ0v) is 19.6. The van der Waals surface area contributed by atoms with Gasteiger partial charge in [0.1, 0.15) is 5.82 Å². The fourth-order valence-corrected chi connectivity index (χ4v) is 3.43. The number of aromatic amines is 1. The lowest BCUT2D eigenvalue weighted by molar-refractivity contribution is 0.252. The number of benzene rings is 2. The number of urea groups is 1. The summed E-state index contributed by atoms with van der Waals surface area (Å²) >= 11 is 6.02. The average molecular weight is 487 g/mol. The van der Waals surface area contributed by atoms with Gasteiger partial charge in [0.15, 0.2) is 0 Å². The van der Waals surface area contributed by atoms with Gasteiger partial charge in [0, 0.05) is 29.9 Å². The molecule has 34 heavy (non-hydrogen) atoms. The third-order valence-electron chi connectivity index (χ3n) is 5.19. The van der Waals surface area contributed by atoms with E-state index in [0.717, 1.165) is 17.5 Å². The number of halogens is 2. The highest BCUT2D eigenvalue weighted by Gasteiger charge is 2.11. The molecule has 180 valence electrons. The Hall–Kier alpha value is -3.27. The van der Waals surface area contributed by atoms with Crippen LogP contribution in [0.3, 0.4) is 0 Å². The van der Waals surface area contributed by atoms with Crippen LogP contribution in [0.25, 0.3) is 11.1 Å². The van der Waals surface area contributed by atoms with Crippen LogP contribution in [-0.4, -0.2) is 35.6 Å². The van der Waals surface area contributed by atoms with Crippen LogP contribution in [0, 0.1) is 12.7 Å². The van der Waals surface area contributed by atoms with Crippen LogP contribution in [0.15, 0.2) is 47.4 Å². The smallest absolute Gasteiger partial charge is 0.321 e. The Morgan fingerprint density at radius 2 is 2.03 bits per heavy atom. The molecule has 3 aromatic rings. The lowest BCUT2D eigenvalue weighted by atomic mass is 10.1. The van der Waals surface area contributed by atoms with Crippen LogP contribution in [0.5, 0.6) is 0 Å². The van der Waals surface area contributed by atoms with Crippen LogP contribution in [0.4, 0.5) is 15.1 Å². The maximum absolute atomic E-state index is 14.4. The van der Waals surface area contributed by atoms with Crippen LogP contribution in [0.1, 0.15) is 23.1 Å². The van der Waals surface area contributed by atoms with Crippen molar-refractivity contribution in [2.24, 2.45) is 5.73 Å². The number of nitrogens with one attached hydrogen (secondary N) is 4. The average Bonchev–Trinajstić information content (AvgIpc) is 2.80. The molecule has 2 aromatic carbocycles. The fraction of sp³-hybridized carbons (Fsp3) is 0.292. The van der Waals surface area contributed by atoms with Crippen molar-refractivity contribution in [2.45, 2.75) is 26.3 Å². The number of carbonyl (C=O) groups excluding carboxylic acids is 1. The number of H-pyrrole nitrogens is 1. The first kappa shape index (κ1) is 25.4. The van der Waals surface area contributed by atoms with Crippen molar-refractivity contribution in [3.63, 3.8) is 0 Å². The molecular weight excluding hydrogens is 459 g/mol. The molecule has 0 atom stereocenters. The number of aromatic nitrogens is 2. The van der Waals surface area contributed by atoms with Crippen molar-refractivity contribution in [2.75, 3.05) is 25.0 Å². The van der Waals surface area contributed by atoms with E-state index in [2.05, 4.69) is 25.9 Å². The minimum absolute atomic E-state index is 0.00483. The summed E-state index contributed by atoms with van der Waals surface area (Å²) in [7, 11) is 0. The van der Waals surface area contributed by atoms with E-state index >= 15 is 0 Å². The van der Waals surface area contributed by atoms with E-state index < -0.39 is 17.4 Å². The van der Waals surface area contributed by atoms with E-state index in [1.165, 1.54) is 12.3 Å². The topological polar surface area (TPSA) is 125 Å². The molecule has 6 N–H and O–H groups in total. The molecule has 0 aliphatic heterocycles. The molecular formula is C24H28ClFN6O2. The quantitative estimate of drug-likeness (QED) is 0.281. The van der Waals surface area contributed by atoms with E-state index in [-0.39, 0.29) is 11.5 Å². The summed E-state index contributed by atoms with van der Waals surface area (Å²) < 4.78 is 14.4. The van der Waals surface area contributed by atoms with Crippen molar-refractivity contribution in [3.8, 4) is 11.1 Å². The van der Waals surface area contributed by atoms with Crippen LogP contribution in [0.2, 0.25) is 5.02 Å². The van der Waals surface area contributed by atoms with Crippen molar-refractivity contribution in [3.05, 3.63) is 80.5 Å². The first-order valence-electron chi connectivity index (χ1n) is 11.0. The van der Waals surface area contributed by atoms with Crippen LogP contribution < -0.4 is 27.2 Å². The maximum atomic E-state index is 14.4. The summed E-state index contributed by atoms with van der Waals surface area (Å²) in [4.78, 5) is 31.2. The van der Waals surface area contributed by atoms with E-state index in [1.54, 1.807) is 12.1 Å². The number of nitrogens with zero attached hydrogens (tertiary/aromatic N) is 1. The van der Waals surface area contributed by atoms with Crippen LogP contribution in [-0.2, 0) is 13.0 Å². The Morgan fingerprint density at radius 3 is 2.74 bits per heavy atom.